The first-order chi connectivity index (χ1) is 9.97. The molecular formula is C16H17NO3S. The molecule has 1 N–H and O–H groups in total. The minimum absolute atomic E-state index is 0.0698. The van der Waals surface area contributed by atoms with E-state index in [0.29, 0.717) is 6.42 Å². The van der Waals surface area contributed by atoms with Gasteiger partial charge in [0.05, 0.1) is 22.6 Å². The van der Waals surface area contributed by atoms with Crippen LogP contribution in [0, 0.1) is 24.7 Å². The van der Waals surface area contributed by atoms with Gasteiger partial charge in [-0.2, -0.15) is 0 Å². The van der Waals surface area contributed by atoms with Crippen molar-refractivity contribution in [3.63, 3.8) is 0 Å². The molecule has 1 saturated heterocycles. The molecule has 1 aromatic rings. The van der Waals surface area contributed by atoms with E-state index in [-0.39, 0.29) is 29.6 Å². The lowest BCUT2D eigenvalue weighted by atomic mass is 9.78. The number of fused-ring (bicyclic) bond motifs is 1. The van der Waals surface area contributed by atoms with E-state index in [1.165, 1.54) is 0 Å². The Morgan fingerprint density at radius 1 is 1.14 bits per heavy atom. The Balaban J connectivity index is 1.90. The maximum Gasteiger partial charge on any atom is 0.231 e. The highest BCUT2D eigenvalue weighted by Gasteiger charge is 2.47. The molecule has 110 valence electrons. The maximum absolute atomic E-state index is 12.7. The lowest BCUT2D eigenvalue weighted by molar-refractivity contribution is -0.126. The Hall–Kier alpha value is -1.75. The summed E-state index contributed by atoms with van der Waals surface area (Å²) in [6.45, 7) is 3.88. The van der Waals surface area contributed by atoms with E-state index in [4.69, 9.17) is 0 Å². The Kier molecular flexibility index (Phi) is 3.53. The maximum atomic E-state index is 12.7. The fourth-order valence-electron chi connectivity index (χ4n) is 3.10. The van der Waals surface area contributed by atoms with Crippen molar-refractivity contribution in [2.45, 2.75) is 25.2 Å². The number of hydrogen-bond acceptors (Lipinski definition) is 3. The molecule has 21 heavy (non-hydrogen) atoms. The first kappa shape index (κ1) is 14.2. The first-order valence-corrected chi connectivity index (χ1v) is 8.16. The molecule has 5 heteroatoms. The van der Waals surface area contributed by atoms with Crippen molar-refractivity contribution in [2.24, 2.45) is 17.8 Å². The van der Waals surface area contributed by atoms with Crippen LogP contribution in [0.25, 0.3) is 0 Å². The Bertz CT molecular complexity index is 663. The number of imide groups is 1. The quantitative estimate of drug-likeness (QED) is 0.849. The van der Waals surface area contributed by atoms with Crippen molar-refractivity contribution in [1.82, 2.24) is 5.32 Å². The third kappa shape index (κ3) is 2.46. The van der Waals surface area contributed by atoms with Crippen LogP contribution in [0.3, 0.4) is 0 Å². The average Bonchev–Trinajstić information content (AvgIpc) is 2.74. The summed E-state index contributed by atoms with van der Waals surface area (Å²) in [6, 6.07) is 7.55. The smallest absolute Gasteiger partial charge is 0.231 e. The zero-order valence-corrected chi connectivity index (χ0v) is 12.8. The second-order valence-electron chi connectivity index (χ2n) is 5.76. The highest BCUT2D eigenvalue weighted by Crippen LogP contribution is 2.39. The van der Waals surface area contributed by atoms with Crippen molar-refractivity contribution in [1.29, 1.82) is 0 Å². The van der Waals surface area contributed by atoms with Gasteiger partial charge in [-0.25, -0.2) is 4.21 Å². The molecule has 2 aliphatic rings. The minimum atomic E-state index is -1.26. The number of rotatable bonds is 2. The van der Waals surface area contributed by atoms with Gasteiger partial charge in [0.2, 0.25) is 11.8 Å². The number of amides is 2. The normalized spacial score (nSPS) is 29.6. The topological polar surface area (TPSA) is 63.2 Å². The van der Waals surface area contributed by atoms with E-state index in [0.717, 1.165) is 15.4 Å². The van der Waals surface area contributed by atoms with Crippen molar-refractivity contribution in [2.75, 3.05) is 0 Å². The molecule has 1 aliphatic heterocycles. The summed E-state index contributed by atoms with van der Waals surface area (Å²) >= 11 is 0. The fourth-order valence-corrected chi connectivity index (χ4v) is 4.46. The van der Waals surface area contributed by atoms with Crippen molar-refractivity contribution in [3.05, 3.63) is 40.8 Å². The lowest BCUT2D eigenvalue weighted by Crippen LogP contribution is -2.29. The molecule has 0 unspecified atom stereocenters. The number of nitrogens with one attached hydrogen (secondary N) is 1. The molecule has 0 bridgehead atoms. The number of benzene rings is 1. The third-order valence-electron chi connectivity index (χ3n) is 4.23. The van der Waals surface area contributed by atoms with Gasteiger partial charge < -0.3 is 0 Å². The zero-order chi connectivity index (χ0) is 15.1. The van der Waals surface area contributed by atoms with Gasteiger partial charge in [-0.1, -0.05) is 30.7 Å². The molecule has 1 aliphatic carbocycles. The standard InChI is InChI=1S/C16H17NO3S/c1-9-3-5-11(6-4-9)21(20)12-7-10(2)14-13(8-12)15(18)17-16(14)19/h3-7,10,13-14H,8H2,1-2H3,(H,17,18,19)/t10-,13+,14-,21+/m1/s1. The van der Waals surface area contributed by atoms with Gasteiger partial charge in [-0.05, 0) is 31.4 Å². The highest BCUT2D eigenvalue weighted by molar-refractivity contribution is 7.89. The van der Waals surface area contributed by atoms with Gasteiger partial charge in [0, 0.05) is 9.80 Å². The summed E-state index contributed by atoms with van der Waals surface area (Å²) in [6.07, 6.45) is 2.29. The minimum Gasteiger partial charge on any atom is -0.296 e. The molecule has 1 aromatic carbocycles. The summed E-state index contributed by atoms with van der Waals surface area (Å²) in [5.74, 6) is -1.19. The SMILES string of the molecule is Cc1ccc([S@](=O)C2=C[C@@H](C)[C@H]3C(=O)NC(=O)[C@H]3C2)cc1. The number of hydrogen-bond donors (Lipinski definition) is 1. The zero-order valence-electron chi connectivity index (χ0n) is 12.0. The van der Waals surface area contributed by atoms with Crippen LogP contribution in [0.4, 0.5) is 0 Å². The largest absolute Gasteiger partial charge is 0.296 e. The molecule has 2 amide bonds. The van der Waals surface area contributed by atoms with Gasteiger partial charge in [-0.15, -0.1) is 0 Å². The molecule has 1 fully saturated rings. The van der Waals surface area contributed by atoms with E-state index in [9.17, 15) is 13.8 Å². The van der Waals surface area contributed by atoms with Gasteiger partial charge >= 0.3 is 0 Å². The summed E-state index contributed by atoms with van der Waals surface area (Å²) in [5.41, 5.74) is 1.11. The number of aryl methyl sites for hydroxylation is 1. The molecule has 4 atom stereocenters. The molecule has 0 spiro atoms. The molecular weight excluding hydrogens is 286 g/mol. The van der Waals surface area contributed by atoms with Crippen LogP contribution in [-0.2, 0) is 20.4 Å². The number of allylic oxidation sites excluding steroid dienone is 2. The van der Waals surface area contributed by atoms with E-state index >= 15 is 0 Å². The highest BCUT2D eigenvalue weighted by atomic mass is 32.2. The summed E-state index contributed by atoms with van der Waals surface area (Å²) in [4.78, 5) is 25.1. The molecule has 0 radical (unpaired) electrons. The predicted molar refractivity (Wildman–Crippen MR) is 79.6 cm³/mol. The lowest BCUT2D eigenvalue weighted by Gasteiger charge is -2.26. The van der Waals surface area contributed by atoms with Crippen LogP contribution < -0.4 is 5.32 Å². The fraction of sp³-hybridized carbons (Fsp3) is 0.375. The Morgan fingerprint density at radius 2 is 1.81 bits per heavy atom. The van der Waals surface area contributed by atoms with Crippen molar-refractivity contribution >= 4 is 22.6 Å². The van der Waals surface area contributed by atoms with Gasteiger partial charge in [0.25, 0.3) is 0 Å². The molecule has 0 saturated carbocycles. The Morgan fingerprint density at radius 3 is 2.48 bits per heavy atom. The van der Waals surface area contributed by atoms with E-state index < -0.39 is 10.8 Å². The van der Waals surface area contributed by atoms with Crippen LogP contribution >= 0.6 is 0 Å². The monoisotopic (exact) mass is 303 g/mol. The van der Waals surface area contributed by atoms with Gasteiger partial charge in [0.15, 0.2) is 0 Å². The van der Waals surface area contributed by atoms with Crippen LogP contribution in [0.15, 0.2) is 40.1 Å². The molecule has 0 aromatic heterocycles. The van der Waals surface area contributed by atoms with Gasteiger partial charge in [-0.3, -0.25) is 14.9 Å². The second-order valence-corrected chi connectivity index (χ2v) is 7.30. The van der Waals surface area contributed by atoms with Crippen LogP contribution in [0.5, 0.6) is 0 Å². The summed E-state index contributed by atoms with van der Waals surface area (Å²) in [5, 5.41) is 2.39. The van der Waals surface area contributed by atoms with Crippen LogP contribution in [0.1, 0.15) is 18.9 Å². The number of carbonyl (C=O) groups excluding carboxylic acids is 2. The first-order valence-electron chi connectivity index (χ1n) is 7.01. The predicted octanol–water partition coefficient (Wildman–Crippen LogP) is 1.92. The Labute approximate surface area is 126 Å². The van der Waals surface area contributed by atoms with Crippen LogP contribution in [0.2, 0.25) is 0 Å². The third-order valence-corrected chi connectivity index (χ3v) is 5.71. The van der Waals surface area contributed by atoms with Crippen molar-refractivity contribution < 1.29 is 13.8 Å². The van der Waals surface area contributed by atoms with Crippen LogP contribution in [-0.4, -0.2) is 16.0 Å². The number of carbonyl (C=O) groups is 2. The van der Waals surface area contributed by atoms with Gasteiger partial charge in [0.1, 0.15) is 0 Å². The van der Waals surface area contributed by atoms with E-state index in [2.05, 4.69) is 5.32 Å². The van der Waals surface area contributed by atoms with E-state index in [1.807, 2.05) is 44.2 Å². The molecule has 1 heterocycles. The molecule has 3 rings (SSSR count). The molecule has 4 nitrogen and oxygen atoms in total. The average molecular weight is 303 g/mol. The second kappa shape index (κ2) is 5.22. The summed E-state index contributed by atoms with van der Waals surface area (Å²) < 4.78 is 12.7. The summed E-state index contributed by atoms with van der Waals surface area (Å²) in [7, 11) is -1.26. The van der Waals surface area contributed by atoms with E-state index in [1.54, 1.807) is 0 Å². The van der Waals surface area contributed by atoms with Crippen molar-refractivity contribution in [3.8, 4) is 0 Å².